The van der Waals surface area contributed by atoms with Gasteiger partial charge in [0, 0.05) is 32.2 Å². The highest BCUT2D eigenvalue weighted by Gasteiger charge is 2.20. The number of hydrogen-bond donors (Lipinski definition) is 1. The van der Waals surface area contributed by atoms with Gasteiger partial charge in [0.25, 0.3) is 0 Å². The lowest BCUT2D eigenvalue weighted by molar-refractivity contribution is 0.159. The first-order valence-corrected chi connectivity index (χ1v) is 8.56. The molecule has 0 saturated carbocycles. The molecule has 3 nitrogen and oxygen atoms in total. The molecule has 1 aliphatic heterocycles. The summed E-state index contributed by atoms with van der Waals surface area (Å²) in [5.41, 5.74) is 2.68. The molecule has 3 heteroatoms. The lowest BCUT2D eigenvalue weighted by Crippen LogP contribution is -2.50. The maximum absolute atomic E-state index is 6.13. The van der Waals surface area contributed by atoms with E-state index >= 15 is 0 Å². The van der Waals surface area contributed by atoms with E-state index < -0.39 is 0 Å². The predicted octanol–water partition coefficient (Wildman–Crippen LogP) is 3.36. The monoisotopic (exact) mass is 304 g/mol. The molecule has 1 aromatic rings. The van der Waals surface area contributed by atoms with Crippen LogP contribution in [0.5, 0.6) is 5.75 Å². The Morgan fingerprint density at radius 3 is 2.77 bits per heavy atom. The molecule has 0 amide bonds. The fourth-order valence-corrected chi connectivity index (χ4v) is 3.03. The molecule has 0 spiro atoms. The van der Waals surface area contributed by atoms with Crippen molar-refractivity contribution >= 4 is 0 Å². The van der Waals surface area contributed by atoms with Crippen LogP contribution in [0.1, 0.15) is 45.2 Å². The lowest BCUT2D eigenvalue weighted by Gasteiger charge is -2.33. The van der Waals surface area contributed by atoms with Crippen molar-refractivity contribution in [3.8, 4) is 5.75 Å². The highest BCUT2D eigenvalue weighted by Crippen LogP contribution is 2.32. The standard InChI is InChI=1S/C19H32N2O/c1-15-7-8-17(19(3,4)5)18(13-15)22-12-6-10-21-11-9-20-14-16(21)2/h7-8,13,16,20H,6,9-12,14H2,1-5H3. The Morgan fingerprint density at radius 1 is 1.32 bits per heavy atom. The van der Waals surface area contributed by atoms with Gasteiger partial charge in [-0.1, -0.05) is 32.9 Å². The van der Waals surface area contributed by atoms with Crippen LogP contribution in [0.4, 0.5) is 0 Å². The summed E-state index contributed by atoms with van der Waals surface area (Å²) in [6.45, 7) is 16.4. The Morgan fingerprint density at radius 2 is 2.09 bits per heavy atom. The predicted molar refractivity (Wildman–Crippen MR) is 93.9 cm³/mol. The Hall–Kier alpha value is -1.06. The van der Waals surface area contributed by atoms with Crippen molar-refractivity contribution in [2.45, 2.75) is 52.5 Å². The first kappa shape index (κ1) is 17.3. The normalized spacial score (nSPS) is 20.1. The first-order chi connectivity index (χ1) is 10.4. The van der Waals surface area contributed by atoms with Crippen LogP contribution in [-0.4, -0.2) is 43.7 Å². The summed E-state index contributed by atoms with van der Waals surface area (Å²) in [6.07, 6.45) is 1.09. The van der Waals surface area contributed by atoms with Crippen LogP contribution < -0.4 is 10.1 Å². The zero-order valence-electron chi connectivity index (χ0n) is 14.9. The van der Waals surface area contributed by atoms with Gasteiger partial charge in [0.2, 0.25) is 0 Å². The van der Waals surface area contributed by atoms with Gasteiger partial charge in [-0.05, 0) is 42.9 Å². The molecule has 2 rings (SSSR count). The van der Waals surface area contributed by atoms with Gasteiger partial charge in [0.15, 0.2) is 0 Å². The number of hydrogen-bond acceptors (Lipinski definition) is 3. The largest absolute Gasteiger partial charge is 0.493 e. The molecule has 1 fully saturated rings. The summed E-state index contributed by atoms with van der Waals surface area (Å²) in [5.74, 6) is 1.06. The van der Waals surface area contributed by atoms with Crippen molar-refractivity contribution in [2.24, 2.45) is 0 Å². The van der Waals surface area contributed by atoms with Crippen LogP contribution >= 0.6 is 0 Å². The fraction of sp³-hybridized carbons (Fsp3) is 0.684. The zero-order valence-corrected chi connectivity index (χ0v) is 14.9. The third-order valence-corrected chi connectivity index (χ3v) is 4.43. The molecular weight excluding hydrogens is 272 g/mol. The fourth-order valence-electron chi connectivity index (χ4n) is 3.03. The molecule has 1 unspecified atom stereocenters. The number of nitrogens with one attached hydrogen (secondary N) is 1. The lowest BCUT2D eigenvalue weighted by atomic mass is 9.86. The summed E-state index contributed by atoms with van der Waals surface area (Å²) < 4.78 is 6.13. The smallest absolute Gasteiger partial charge is 0.123 e. The highest BCUT2D eigenvalue weighted by atomic mass is 16.5. The van der Waals surface area contributed by atoms with Gasteiger partial charge in [-0.2, -0.15) is 0 Å². The van der Waals surface area contributed by atoms with E-state index in [1.165, 1.54) is 11.1 Å². The Labute approximate surface area is 136 Å². The van der Waals surface area contributed by atoms with E-state index in [1.807, 2.05) is 0 Å². The second-order valence-electron chi connectivity index (χ2n) is 7.54. The number of benzene rings is 1. The van der Waals surface area contributed by atoms with Crippen LogP contribution in [0.2, 0.25) is 0 Å². The molecule has 1 aliphatic rings. The van der Waals surface area contributed by atoms with E-state index in [1.54, 1.807) is 0 Å². The van der Waals surface area contributed by atoms with Gasteiger partial charge >= 0.3 is 0 Å². The number of rotatable bonds is 5. The quantitative estimate of drug-likeness (QED) is 0.844. The van der Waals surface area contributed by atoms with E-state index in [0.717, 1.165) is 45.0 Å². The van der Waals surface area contributed by atoms with Crippen LogP contribution in [0.3, 0.4) is 0 Å². The highest BCUT2D eigenvalue weighted by molar-refractivity contribution is 5.41. The van der Waals surface area contributed by atoms with Crippen LogP contribution in [-0.2, 0) is 5.41 Å². The summed E-state index contributed by atoms with van der Waals surface area (Å²) in [5, 5.41) is 3.44. The van der Waals surface area contributed by atoms with Gasteiger partial charge in [0.1, 0.15) is 5.75 Å². The van der Waals surface area contributed by atoms with E-state index in [9.17, 15) is 0 Å². The minimum atomic E-state index is 0.121. The molecule has 0 radical (unpaired) electrons. The van der Waals surface area contributed by atoms with Crippen molar-refractivity contribution in [3.05, 3.63) is 29.3 Å². The van der Waals surface area contributed by atoms with E-state index in [4.69, 9.17) is 4.74 Å². The third-order valence-electron chi connectivity index (χ3n) is 4.43. The van der Waals surface area contributed by atoms with E-state index in [-0.39, 0.29) is 5.41 Å². The molecule has 1 aromatic carbocycles. The average molecular weight is 304 g/mol. The van der Waals surface area contributed by atoms with Gasteiger partial charge < -0.3 is 10.1 Å². The number of ether oxygens (including phenoxy) is 1. The summed E-state index contributed by atoms with van der Waals surface area (Å²) in [4.78, 5) is 2.56. The number of aryl methyl sites for hydroxylation is 1. The van der Waals surface area contributed by atoms with Crippen LogP contribution in [0, 0.1) is 6.92 Å². The van der Waals surface area contributed by atoms with Gasteiger partial charge in [-0.15, -0.1) is 0 Å². The molecule has 124 valence electrons. The molecular formula is C19H32N2O. The summed E-state index contributed by atoms with van der Waals surface area (Å²) in [6, 6.07) is 7.20. The molecule has 22 heavy (non-hydrogen) atoms. The molecule has 1 saturated heterocycles. The van der Waals surface area contributed by atoms with Gasteiger partial charge in [-0.3, -0.25) is 4.90 Å². The Balaban J connectivity index is 1.87. The second-order valence-corrected chi connectivity index (χ2v) is 7.54. The van der Waals surface area contributed by atoms with Crippen LogP contribution in [0.15, 0.2) is 18.2 Å². The van der Waals surface area contributed by atoms with Gasteiger partial charge in [0.05, 0.1) is 6.61 Å². The van der Waals surface area contributed by atoms with Crippen molar-refractivity contribution in [3.63, 3.8) is 0 Å². The van der Waals surface area contributed by atoms with Crippen molar-refractivity contribution in [1.82, 2.24) is 10.2 Å². The third kappa shape index (κ3) is 4.72. The minimum Gasteiger partial charge on any atom is -0.493 e. The summed E-state index contributed by atoms with van der Waals surface area (Å²) >= 11 is 0. The van der Waals surface area contributed by atoms with Crippen LogP contribution in [0.25, 0.3) is 0 Å². The van der Waals surface area contributed by atoms with Crippen molar-refractivity contribution < 1.29 is 4.74 Å². The number of piperazine rings is 1. The summed E-state index contributed by atoms with van der Waals surface area (Å²) in [7, 11) is 0. The second kappa shape index (κ2) is 7.47. The average Bonchev–Trinajstić information content (AvgIpc) is 2.44. The topological polar surface area (TPSA) is 24.5 Å². The van der Waals surface area contributed by atoms with Crippen molar-refractivity contribution in [1.29, 1.82) is 0 Å². The SMILES string of the molecule is Cc1ccc(C(C)(C)C)c(OCCCN2CCNCC2C)c1. The van der Waals surface area contributed by atoms with E-state index in [0.29, 0.717) is 6.04 Å². The zero-order chi connectivity index (χ0) is 16.2. The van der Waals surface area contributed by atoms with Crippen molar-refractivity contribution in [2.75, 3.05) is 32.8 Å². The van der Waals surface area contributed by atoms with Gasteiger partial charge in [-0.25, -0.2) is 0 Å². The van der Waals surface area contributed by atoms with E-state index in [2.05, 4.69) is 63.0 Å². The molecule has 0 aliphatic carbocycles. The maximum Gasteiger partial charge on any atom is 0.123 e. The molecule has 0 bridgehead atoms. The molecule has 1 heterocycles. The molecule has 1 atom stereocenters. The molecule has 0 aromatic heterocycles. The number of nitrogens with zero attached hydrogens (tertiary/aromatic N) is 1. The maximum atomic E-state index is 6.13. The Kier molecular flexibility index (Phi) is 5.87. The Bertz CT molecular complexity index is 479. The first-order valence-electron chi connectivity index (χ1n) is 8.56. The molecule has 1 N–H and O–H groups in total. The minimum absolute atomic E-state index is 0.121.